The zero-order valence-electron chi connectivity index (χ0n) is 18.1. The summed E-state index contributed by atoms with van der Waals surface area (Å²) in [4.78, 5) is 11.5. The smallest absolute Gasteiger partial charge is 0.258 e. The molecule has 5 rings (SSSR count). The van der Waals surface area contributed by atoms with E-state index in [0.717, 1.165) is 28.0 Å². The van der Waals surface area contributed by atoms with Crippen molar-refractivity contribution in [2.75, 3.05) is 11.9 Å². The number of nitrogens with zero attached hydrogens (tertiary/aromatic N) is 5. The number of anilines is 1. The van der Waals surface area contributed by atoms with Crippen LogP contribution >= 0.6 is 0 Å². The van der Waals surface area contributed by atoms with Crippen molar-refractivity contribution in [3.05, 3.63) is 54.6 Å². The number of nitrogens with one attached hydrogen (secondary N) is 3. The first-order chi connectivity index (χ1) is 16.5. The van der Waals surface area contributed by atoms with Gasteiger partial charge in [0.25, 0.3) is 10.0 Å². The normalized spacial score (nSPS) is 17.9. The fourth-order valence-corrected chi connectivity index (χ4v) is 5.30. The number of nitriles is 1. The van der Waals surface area contributed by atoms with Crippen molar-refractivity contribution in [1.82, 2.24) is 29.5 Å². The Labute approximate surface area is 196 Å². The molecule has 4 aromatic rings. The van der Waals surface area contributed by atoms with Crippen molar-refractivity contribution in [2.45, 2.75) is 36.5 Å². The zero-order valence-corrected chi connectivity index (χ0v) is 19.0. The lowest BCUT2D eigenvalue weighted by molar-refractivity contribution is 0.346. The summed E-state index contributed by atoms with van der Waals surface area (Å²) >= 11 is 0. The number of aromatic nitrogens is 5. The molecule has 5 N–H and O–H groups in total. The highest BCUT2D eigenvalue weighted by Crippen LogP contribution is 2.36. The van der Waals surface area contributed by atoms with Gasteiger partial charge in [0, 0.05) is 54.4 Å². The molecule has 11 nitrogen and oxygen atoms in total. The van der Waals surface area contributed by atoms with Crippen LogP contribution < -0.4 is 15.8 Å². The van der Waals surface area contributed by atoms with E-state index in [9.17, 15) is 8.42 Å². The molecule has 34 heavy (non-hydrogen) atoms. The van der Waals surface area contributed by atoms with E-state index in [0.29, 0.717) is 25.9 Å². The lowest BCUT2D eigenvalue weighted by atomic mass is 9.87. The Hall–Kier alpha value is -3.79. The number of aromatic amines is 1. The van der Waals surface area contributed by atoms with Crippen molar-refractivity contribution in [3.63, 3.8) is 0 Å². The summed E-state index contributed by atoms with van der Waals surface area (Å²) in [5.74, 6) is 0. The first-order valence-electron chi connectivity index (χ1n) is 10.8. The second-order valence-electron chi connectivity index (χ2n) is 8.16. The minimum Gasteiger partial charge on any atom is -0.381 e. The molecule has 0 atom stereocenters. The van der Waals surface area contributed by atoms with Crippen molar-refractivity contribution in [3.8, 4) is 17.3 Å². The molecule has 0 spiro atoms. The third-order valence-electron chi connectivity index (χ3n) is 5.81. The fourth-order valence-electron chi connectivity index (χ4n) is 4.06. The molecule has 0 aliphatic heterocycles. The molecule has 1 fully saturated rings. The van der Waals surface area contributed by atoms with Gasteiger partial charge in [0.15, 0.2) is 5.03 Å². The van der Waals surface area contributed by atoms with Crippen LogP contribution in [0.15, 0.2) is 54.1 Å². The quantitative estimate of drug-likeness (QED) is 0.297. The zero-order chi connectivity index (χ0) is 23.7. The van der Waals surface area contributed by atoms with Gasteiger partial charge in [-0.3, -0.25) is 4.68 Å². The highest BCUT2D eigenvalue weighted by atomic mass is 32.2. The summed E-state index contributed by atoms with van der Waals surface area (Å²) in [7, 11) is -3.81. The second-order valence-corrected chi connectivity index (χ2v) is 9.83. The molecule has 0 bridgehead atoms. The monoisotopic (exact) mass is 477 g/mol. The average molecular weight is 478 g/mol. The van der Waals surface area contributed by atoms with E-state index in [1.807, 2.05) is 30.6 Å². The number of sulfonamides is 1. The summed E-state index contributed by atoms with van der Waals surface area (Å²) in [6, 6.07) is 8.39. The Morgan fingerprint density at radius 2 is 2.09 bits per heavy atom. The van der Waals surface area contributed by atoms with Gasteiger partial charge >= 0.3 is 0 Å². The number of rotatable bonds is 8. The fraction of sp³-hybridized carbons (Fsp3) is 0.273. The van der Waals surface area contributed by atoms with E-state index >= 15 is 0 Å². The van der Waals surface area contributed by atoms with Gasteiger partial charge in [-0.15, -0.1) is 0 Å². The Balaban J connectivity index is 1.32. The van der Waals surface area contributed by atoms with Crippen molar-refractivity contribution < 1.29 is 8.42 Å². The molecule has 0 aromatic carbocycles. The van der Waals surface area contributed by atoms with Crippen LogP contribution in [0.1, 0.15) is 18.4 Å². The molecule has 0 unspecified atom stereocenters. The van der Waals surface area contributed by atoms with Gasteiger partial charge in [-0.25, -0.2) is 23.1 Å². The van der Waals surface area contributed by atoms with Crippen LogP contribution in [-0.4, -0.2) is 51.8 Å². The van der Waals surface area contributed by atoms with Crippen LogP contribution in [0.4, 0.5) is 5.69 Å². The van der Waals surface area contributed by atoms with Gasteiger partial charge in [-0.2, -0.15) is 10.4 Å². The highest BCUT2D eigenvalue weighted by Gasteiger charge is 2.34. The van der Waals surface area contributed by atoms with E-state index in [4.69, 9.17) is 11.0 Å². The molecule has 12 heteroatoms. The Kier molecular flexibility index (Phi) is 5.74. The highest BCUT2D eigenvalue weighted by molar-refractivity contribution is 7.89. The maximum atomic E-state index is 12.7. The molecule has 4 heterocycles. The Morgan fingerprint density at radius 1 is 1.24 bits per heavy atom. The van der Waals surface area contributed by atoms with Gasteiger partial charge in [0.05, 0.1) is 29.6 Å². The molecular weight excluding hydrogens is 454 g/mol. The first kappa shape index (κ1) is 22.0. The summed E-state index contributed by atoms with van der Waals surface area (Å²) in [6.07, 6.45) is 8.03. The molecule has 0 amide bonds. The van der Waals surface area contributed by atoms with Crippen LogP contribution in [0.2, 0.25) is 0 Å². The van der Waals surface area contributed by atoms with Crippen LogP contribution in [0.25, 0.3) is 22.3 Å². The van der Waals surface area contributed by atoms with E-state index in [-0.39, 0.29) is 22.7 Å². The summed E-state index contributed by atoms with van der Waals surface area (Å²) in [6.45, 7) is 1.12. The molecule has 1 saturated carbocycles. The largest absolute Gasteiger partial charge is 0.381 e. The van der Waals surface area contributed by atoms with E-state index in [2.05, 4.69) is 30.1 Å². The summed E-state index contributed by atoms with van der Waals surface area (Å²) < 4.78 is 29.8. The van der Waals surface area contributed by atoms with Gasteiger partial charge in [0.2, 0.25) is 0 Å². The Morgan fingerprint density at radius 3 is 2.88 bits per heavy atom. The minimum absolute atomic E-state index is 0.0662. The number of hydrogen-bond acceptors (Lipinski definition) is 8. The predicted octanol–water partition coefficient (Wildman–Crippen LogP) is 1.57. The topological polar surface area (TPSA) is 167 Å². The maximum absolute atomic E-state index is 12.7. The van der Waals surface area contributed by atoms with Crippen LogP contribution in [0.5, 0.6) is 0 Å². The predicted molar refractivity (Wildman–Crippen MR) is 126 cm³/mol. The van der Waals surface area contributed by atoms with Crippen LogP contribution in [-0.2, 0) is 16.6 Å². The van der Waals surface area contributed by atoms with Gasteiger partial charge < -0.3 is 16.0 Å². The molecule has 4 aromatic heterocycles. The number of nitrogens with two attached hydrogens (primary N) is 1. The van der Waals surface area contributed by atoms with E-state index in [1.165, 1.54) is 18.3 Å². The standard InChI is InChI=1S/C22H23N9O2S/c23-4-8-31-7-3-19(29-31)18-13-27-22-17(2-6-26-22)21(18)28-15-10-16(11-15)30-34(32,33)20-9-14(12-24)1-5-25-20/h1-3,5-7,9,13,15-16,30H,4,8,10-11,23H2,(H2,26,27,28). The lowest BCUT2D eigenvalue weighted by Gasteiger charge is -2.37. The number of pyridine rings is 2. The van der Waals surface area contributed by atoms with E-state index < -0.39 is 10.0 Å². The molecule has 1 aliphatic carbocycles. The SMILES string of the molecule is N#Cc1ccnc(S(=O)(=O)NC2CC(Nc3c(-c4ccn(CCN)n4)cnc4[nH]ccc34)C2)c1. The summed E-state index contributed by atoms with van der Waals surface area (Å²) in [5, 5.41) is 18.0. The van der Waals surface area contributed by atoms with Gasteiger partial charge in [-0.05, 0) is 37.1 Å². The molecular formula is C22H23N9O2S. The van der Waals surface area contributed by atoms with Crippen molar-refractivity contribution in [1.29, 1.82) is 5.26 Å². The van der Waals surface area contributed by atoms with Crippen LogP contribution in [0, 0.1) is 11.3 Å². The van der Waals surface area contributed by atoms with Gasteiger partial charge in [0.1, 0.15) is 5.65 Å². The average Bonchev–Trinajstić information content (AvgIpc) is 3.47. The number of fused-ring (bicyclic) bond motifs is 1. The third kappa shape index (κ3) is 4.24. The van der Waals surface area contributed by atoms with Crippen LogP contribution in [0.3, 0.4) is 0 Å². The first-order valence-corrected chi connectivity index (χ1v) is 12.3. The summed E-state index contributed by atoms with van der Waals surface area (Å²) in [5.41, 5.74) is 9.20. The molecule has 0 radical (unpaired) electrons. The van der Waals surface area contributed by atoms with Crippen molar-refractivity contribution in [2.24, 2.45) is 5.73 Å². The molecule has 174 valence electrons. The number of H-pyrrole nitrogens is 1. The second kappa shape index (κ2) is 8.86. The van der Waals surface area contributed by atoms with Crippen molar-refractivity contribution >= 4 is 26.7 Å². The lowest BCUT2D eigenvalue weighted by Crippen LogP contribution is -2.49. The number of hydrogen-bond donors (Lipinski definition) is 4. The minimum atomic E-state index is -3.81. The Bertz CT molecular complexity index is 1480. The van der Waals surface area contributed by atoms with Gasteiger partial charge in [-0.1, -0.05) is 0 Å². The molecule has 0 saturated heterocycles. The molecule has 1 aliphatic rings. The maximum Gasteiger partial charge on any atom is 0.258 e. The van der Waals surface area contributed by atoms with E-state index in [1.54, 1.807) is 10.9 Å². The third-order valence-corrected chi connectivity index (χ3v) is 7.23.